The number of rotatable bonds is 2. The minimum absolute atomic E-state index is 0.497. The minimum atomic E-state index is -0.497. The first-order chi connectivity index (χ1) is 9.58. The lowest BCUT2D eigenvalue weighted by molar-refractivity contribution is -0.141. The Bertz CT molecular complexity index is 589. The van der Waals surface area contributed by atoms with Crippen LogP contribution < -0.4 is 0 Å². The van der Waals surface area contributed by atoms with E-state index in [-0.39, 0.29) is 0 Å². The van der Waals surface area contributed by atoms with Crippen LogP contribution in [0.5, 0.6) is 0 Å². The molecule has 0 saturated heterocycles. The highest BCUT2D eigenvalue weighted by atomic mass is 16.7. The van der Waals surface area contributed by atoms with Crippen LogP contribution >= 0.6 is 0 Å². The summed E-state index contributed by atoms with van der Waals surface area (Å²) in [4.78, 5) is 30.9. The molecule has 6 heteroatoms. The molecule has 0 amide bonds. The van der Waals surface area contributed by atoms with Crippen LogP contribution in [0.25, 0.3) is 0 Å². The van der Waals surface area contributed by atoms with Gasteiger partial charge in [0.15, 0.2) is 0 Å². The number of hydrogen-bond acceptors (Lipinski definition) is 6. The molecule has 2 rings (SSSR count). The van der Waals surface area contributed by atoms with Crippen molar-refractivity contribution >= 4 is 23.4 Å². The second-order valence-electron chi connectivity index (χ2n) is 4.00. The summed E-state index contributed by atoms with van der Waals surface area (Å²) >= 11 is 0. The molecule has 0 saturated carbocycles. The van der Waals surface area contributed by atoms with Gasteiger partial charge in [0.2, 0.25) is 0 Å². The van der Waals surface area contributed by atoms with Crippen molar-refractivity contribution in [2.24, 2.45) is 10.3 Å². The van der Waals surface area contributed by atoms with E-state index in [9.17, 15) is 9.59 Å². The average molecular weight is 272 g/mol. The normalized spacial score (nSPS) is 16.9. The third-order valence-corrected chi connectivity index (χ3v) is 2.42. The van der Waals surface area contributed by atoms with Crippen LogP contribution in [0, 0.1) is 0 Å². The molecular formula is C14H12N2O4. The molecule has 0 fully saturated rings. The highest BCUT2D eigenvalue weighted by molar-refractivity contribution is 6.25. The van der Waals surface area contributed by atoms with Crippen LogP contribution in [0.3, 0.4) is 0 Å². The van der Waals surface area contributed by atoms with Gasteiger partial charge in [-0.2, -0.15) is 0 Å². The number of hydrogen-bond donors (Lipinski definition) is 0. The Morgan fingerprint density at radius 3 is 1.60 bits per heavy atom. The molecule has 0 unspecified atom stereocenters. The number of nitrogens with zero attached hydrogens (tertiary/aromatic N) is 2. The molecule has 0 N–H and O–H groups in total. The van der Waals surface area contributed by atoms with Crippen molar-refractivity contribution in [3.8, 4) is 0 Å². The van der Waals surface area contributed by atoms with Crippen LogP contribution in [0.4, 0.5) is 0 Å². The van der Waals surface area contributed by atoms with Crippen molar-refractivity contribution in [3.05, 3.63) is 47.5 Å². The number of oxime groups is 2. The lowest BCUT2D eigenvalue weighted by Crippen LogP contribution is -2.14. The van der Waals surface area contributed by atoms with Gasteiger partial charge in [0, 0.05) is 25.0 Å². The van der Waals surface area contributed by atoms with Crippen LogP contribution in [-0.4, -0.2) is 23.4 Å². The fourth-order valence-corrected chi connectivity index (χ4v) is 1.65. The van der Waals surface area contributed by atoms with E-state index in [2.05, 4.69) is 20.0 Å². The first-order valence-electron chi connectivity index (χ1n) is 5.87. The van der Waals surface area contributed by atoms with Gasteiger partial charge in [-0.3, -0.25) is 0 Å². The second kappa shape index (κ2) is 5.92. The minimum Gasteiger partial charge on any atom is -0.318 e. The Kier molecular flexibility index (Phi) is 4.05. The zero-order chi connectivity index (χ0) is 14.5. The number of carbonyl (C=O) groups is 2. The zero-order valence-electron chi connectivity index (χ0n) is 11.0. The molecule has 0 radical (unpaired) electrons. The van der Waals surface area contributed by atoms with Crippen LogP contribution in [-0.2, 0) is 19.3 Å². The van der Waals surface area contributed by atoms with E-state index >= 15 is 0 Å². The predicted molar refractivity (Wildman–Crippen MR) is 72.2 cm³/mol. The summed E-state index contributed by atoms with van der Waals surface area (Å²) in [5.41, 5.74) is 2.47. The van der Waals surface area contributed by atoms with Crippen molar-refractivity contribution in [3.63, 3.8) is 0 Å². The molecule has 0 aliphatic heterocycles. The van der Waals surface area contributed by atoms with Gasteiger partial charge in [0.25, 0.3) is 0 Å². The van der Waals surface area contributed by atoms with E-state index in [1.54, 1.807) is 12.2 Å². The number of benzene rings is 1. The summed E-state index contributed by atoms with van der Waals surface area (Å²) in [7, 11) is 0. The molecule has 0 spiro atoms. The van der Waals surface area contributed by atoms with E-state index in [0.29, 0.717) is 11.4 Å². The fourth-order valence-electron chi connectivity index (χ4n) is 1.65. The highest BCUT2D eigenvalue weighted by Crippen LogP contribution is 2.18. The zero-order valence-corrected chi connectivity index (χ0v) is 11.0. The van der Waals surface area contributed by atoms with E-state index < -0.39 is 11.9 Å². The molecular weight excluding hydrogens is 260 g/mol. The van der Waals surface area contributed by atoms with E-state index in [1.807, 2.05) is 24.3 Å². The average Bonchev–Trinajstić information content (AvgIpc) is 2.43. The molecule has 0 atom stereocenters. The molecule has 0 heterocycles. The van der Waals surface area contributed by atoms with Gasteiger partial charge >= 0.3 is 11.9 Å². The molecule has 6 nitrogen and oxygen atoms in total. The Labute approximate surface area is 115 Å². The van der Waals surface area contributed by atoms with Crippen molar-refractivity contribution in [1.29, 1.82) is 0 Å². The molecule has 102 valence electrons. The van der Waals surface area contributed by atoms with Gasteiger partial charge < -0.3 is 9.68 Å². The Balaban J connectivity index is 2.39. The van der Waals surface area contributed by atoms with Gasteiger partial charge in [-0.15, -0.1) is 0 Å². The Morgan fingerprint density at radius 2 is 1.25 bits per heavy atom. The Morgan fingerprint density at radius 1 is 0.850 bits per heavy atom. The van der Waals surface area contributed by atoms with Gasteiger partial charge in [-0.1, -0.05) is 34.6 Å². The first-order valence-corrected chi connectivity index (χ1v) is 5.87. The largest absolute Gasteiger partial charge is 0.332 e. The van der Waals surface area contributed by atoms with Crippen LogP contribution in [0.1, 0.15) is 25.0 Å². The summed E-state index contributed by atoms with van der Waals surface area (Å²) in [6, 6.07) is 7.27. The molecule has 0 aromatic heterocycles. The molecule has 0 bridgehead atoms. The van der Waals surface area contributed by atoms with Crippen molar-refractivity contribution in [1.82, 2.24) is 0 Å². The number of allylic oxidation sites excluding steroid dienone is 2. The molecule has 1 aliphatic carbocycles. The topological polar surface area (TPSA) is 77.3 Å². The van der Waals surface area contributed by atoms with Gasteiger partial charge in [-0.25, -0.2) is 9.59 Å². The van der Waals surface area contributed by atoms with E-state index in [1.165, 1.54) is 13.8 Å². The maximum Gasteiger partial charge on any atom is 0.332 e. The van der Waals surface area contributed by atoms with Gasteiger partial charge in [0.1, 0.15) is 11.4 Å². The molecule has 1 aliphatic rings. The standard InChI is InChI=1S/C14H12N2O4/c1-9(17)19-15-13-7-8-14(16-20-10(2)18)12-6-4-3-5-11(12)13/h3-8H,1-2H3/b15-13+,16-14+. The van der Waals surface area contributed by atoms with Gasteiger partial charge in [-0.05, 0) is 12.2 Å². The molecule has 1 aromatic carbocycles. The summed E-state index contributed by atoms with van der Waals surface area (Å²) in [5, 5.41) is 7.54. The maximum atomic E-state index is 10.8. The van der Waals surface area contributed by atoms with E-state index in [4.69, 9.17) is 0 Å². The predicted octanol–water partition coefficient (Wildman–Crippen LogP) is 1.79. The highest BCUT2D eigenvalue weighted by Gasteiger charge is 2.17. The van der Waals surface area contributed by atoms with Gasteiger partial charge in [0.05, 0.1) is 0 Å². The third kappa shape index (κ3) is 3.17. The number of fused-ring (bicyclic) bond motifs is 1. The second-order valence-corrected chi connectivity index (χ2v) is 4.00. The van der Waals surface area contributed by atoms with Crippen molar-refractivity contribution in [2.75, 3.05) is 0 Å². The van der Waals surface area contributed by atoms with Crippen LogP contribution in [0.2, 0.25) is 0 Å². The summed E-state index contributed by atoms with van der Waals surface area (Å²) in [6.07, 6.45) is 3.27. The lowest BCUT2D eigenvalue weighted by atomic mass is 9.94. The fraction of sp³-hybridized carbons (Fsp3) is 0.143. The SMILES string of the molecule is CC(=O)O/N=C1C=C/C(=N\OC(C)=O)c2ccccc2\1. The van der Waals surface area contributed by atoms with Crippen molar-refractivity contribution < 1.29 is 19.3 Å². The van der Waals surface area contributed by atoms with Crippen molar-refractivity contribution in [2.45, 2.75) is 13.8 Å². The Hall–Kier alpha value is -2.76. The summed E-state index contributed by atoms with van der Waals surface area (Å²) < 4.78 is 0. The third-order valence-electron chi connectivity index (χ3n) is 2.42. The quantitative estimate of drug-likeness (QED) is 0.607. The molecule has 20 heavy (non-hydrogen) atoms. The maximum absolute atomic E-state index is 10.8. The summed E-state index contributed by atoms with van der Waals surface area (Å²) in [5.74, 6) is -0.995. The molecule has 1 aromatic rings. The monoisotopic (exact) mass is 272 g/mol. The smallest absolute Gasteiger partial charge is 0.318 e. The van der Waals surface area contributed by atoms with Crippen LogP contribution in [0.15, 0.2) is 46.7 Å². The van der Waals surface area contributed by atoms with E-state index in [0.717, 1.165) is 11.1 Å². The summed E-state index contributed by atoms with van der Waals surface area (Å²) in [6.45, 7) is 2.55. The lowest BCUT2D eigenvalue weighted by Gasteiger charge is -2.13. The number of carbonyl (C=O) groups excluding carboxylic acids is 2. The first kappa shape index (κ1) is 13.7.